The second kappa shape index (κ2) is 9.44. The van der Waals surface area contributed by atoms with E-state index in [1.165, 1.54) is 6.07 Å². The summed E-state index contributed by atoms with van der Waals surface area (Å²) in [6, 6.07) is 14.3. The number of halogens is 1. The molecule has 0 aromatic heterocycles. The molecule has 1 heterocycles. The molecule has 0 saturated carbocycles. The monoisotopic (exact) mass is 370 g/mol. The van der Waals surface area contributed by atoms with Gasteiger partial charge in [0, 0.05) is 5.56 Å². The number of aliphatic hydroxyl groups is 1. The molecule has 5 heteroatoms. The van der Waals surface area contributed by atoms with E-state index in [9.17, 15) is 14.3 Å². The first-order valence-corrected chi connectivity index (χ1v) is 9.07. The third-order valence-corrected chi connectivity index (χ3v) is 4.55. The molecule has 2 aromatic carbocycles. The Kier molecular flexibility index (Phi) is 6.74. The van der Waals surface area contributed by atoms with Crippen molar-refractivity contribution < 1.29 is 23.8 Å². The van der Waals surface area contributed by atoms with Crippen LogP contribution in [0.4, 0.5) is 4.39 Å². The topological polar surface area (TPSA) is 55.8 Å². The van der Waals surface area contributed by atoms with Crippen molar-refractivity contribution >= 4 is 11.5 Å². The van der Waals surface area contributed by atoms with Crippen LogP contribution in [0.1, 0.15) is 29.5 Å². The predicted octanol–water partition coefficient (Wildman–Crippen LogP) is 3.67. The molecule has 1 aliphatic heterocycles. The largest absolute Gasteiger partial charge is 0.459 e. The highest BCUT2D eigenvalue weighted by molar-refractivity contribution is 5.74. The molecule has 0 unspecified atom stereocenters. The summed E-state index contributed by atoms with van der Waals surface area (Å²) in [6.45, 7) is 1.23. The number of aliphatic hydroxyl groups excluding tert-OH is 1. The maximum Gasteiger partial charge on any atom is 0.335 e. The van der Waals surface area contributed by atoms with E-state index < -0.39 is 12.1 Å². The number of hydrogen-bond donors (Lipinski definition) is 1. The highest BCUT2D eigenvalue weighted by Gasteiger charge is 2.17. The van der Waals surface area contributed by atoms with Gasteiger partial charge in [-0.05, 0) is 42.0 Å². The first-order chi connectivity index (χ1) is 13.1. The van der Waals surface area contributed by atoms with E-state index in [1.54, 1.807) is 6.07 Å². The van der Waals surface area contributed by atoms with E-state index in [0.29, 0.717) is 31.6 Å². The van der Waals surface area contributed by atoms with Crippen molar-refractivity contribution in [1.29, 1.82) is 0 Å². The molecular weight excluding hydrogens is 347 g/mol. The summed E-state index contributed by atoms with van der Waals surface area (Å²) in [5, 5.41) is 9.99. The van der Waals surface area contributed by atoms with Gasteiger partial charge in [-0.3, -0.25) is 0 Å². The third kappa shape index (κ3) is 5.49. The number of ether oxygens (including phenoxy) is 2. The highest BCUT2D eigenvalue weighted by atomic mass is 19.1. The Labute approximate surface area is 158 Å². The highest BCUT2D eigenvalue weighted by Crippen LogP contribution is 2.25. The summed E-state index contributed by atoms with van der Waals surface area (Å²) < 4.78 is 24.8. The summed E-state index contributed by atoms with van der Waals surface area (Å²) in [5.74, 6) is -0.954. The van der Waals surface area contributed by atoms with Gasteiger partial charge in [-0.15, -0.1) is 0 Å². The lowest BCUT2D eigenvalue weighted by molar-refractivity contribution is -0.155. The lowest BCUT2D eigenvalue weighted by Gasteiger charge is -2.15. The fourth-order valence-electron chi connectivity index (χ4n) is 2.99. The molecule has 0 bridgehead atoms. The van der Waals surface area contributed by atoms with Crippen LogP contribution < -0.4 is 0 Å². The summed E-state index contributed by atoms with van der Waals surface area (Å²) in [4.78, 5) is 11.9. The average Bonchev–Trinajstić information content (AvgIpc) is 2.71. The van der Waals surface area contributed by atoms with Crippen molar-refractivity contribution in [3.8, 4) is 0 Å². The van der Waals surface area contributed by atoms with Gasteiger partial charge in [-0.1, -0.05) is 48.5 Å². The molecule has 0 aliphatic carbocycles. The number of benzene rings is 2. The SMILES string of the molecule is O=C(OCc1ccccc1)[C@@H](O)CCc1ccc(C2=CCOCC2)c(F)c1. The lowest BCUT2D eigenvalue weighted by atomic mass is 9.98. The lowest BCUT2D eigenvalue weighted by Crippen LogP contribution is -2.23. The average molecular weight is 370 g/mol. The fourth-order valence-corrected chi connectivity index (χ4v) is 2.99. The van der Waals surface area contributed by atoms with Crippen LogP contribution in [-0.4, -0.2) is 30.4 Å². The first kappa shape index (κ1) is 19.3. The van der Waals surface area contributed by atoms with Crippen molar-refractivity contribution in [2.75, 3.05) is 13.2 Å². The Morgan fingerprint density at radius 1 is 1.19 bits per heavy atom. The fraction of sp³-hybridized carbons (Fsp3) is 0.318. The number of rotatable bonds is 7. The molecular formula is C22H23FO4. The minimum atomic E-state index is -1.23. The summed E-state index contributed by atoms with van der Waals surface area (Å²) in [7, 11) is 0. The molecule has 1 aliphatic rings. The van der Waals surface area contributed by atoms with Crippen LogP contribution in [0.5, 0.6) is 0 Å². The van der Waals surface area contributed by atoms with E-state index in [4.69, 9.17) is 9.47 Å². The minimum absolute atomic E-state index is 0.124. The van der Waals surface area contributed by atoms with Crippen molar-refractivity contribution in [1.82, 2.24) is 0 Å². The van der Waals surface area contributed by atoms with Crippen LogP contribution in [0, 0.1) is 5.82 Å². The molecule has 0 amide bonds. The first-order valence-electron chi connectivity index (χ1n) is 9.07. The molecule has 4 nitrogen and oxygen atoms in total. The van der Waals surface area contributed by atoms with Crippen LogP contribution in [0.15, 0.2) is 54.6 Å². The number of carbonyl (C=O) groups is 1. The normalized spacial score (nSPS) is 15.1. The van der Waals surface area contributed by atoms with Crippen LogP contribution in [-0.2, 0) is 27.3 Å². The molecule has 0 spiro atoms. The smallest absolute Gasteiger partial charge is 0.335 e. The molecule has 2 aromatic rings. The van der Waals surface area contributed by atoms with Gasteiger partial charge in [0.1, 0.15) is 12.4 Å². The molecule has 0 radical (unpaired) electrons. The molecule has 0 saturated heterocycles. The van der Waals surface area contributed by atoms with Crippen LogP contribution in [0.3, 0.4) is 0 Å². The molecule has 1 atom stereocenters. The van der Waals surface area contributed by atoms with Crippen molar-refractivity contribution in [2.45, 2.75) is 32.0 Å². The number of esters is 1. The third-order valence-electron chi connectivity index (χ3n) is 4.55. The minimum Gasteiger partial charge on any atom is -0.459 e. The molecule has 142 valence electrons. The van der Waals surface area contributed by atoms with Gasteiger partial charge in [-0.25, -0.2) is 9.18 Å². The quantitative estimate of drug-likeness (QED) is 0.756. The van der Waals surface area contributed by atoms with Crippen LogP contribution in [0.25, 0.3) is 5.57 Å². The van der Waals surface area contributed by atoms with E-state index in [1.807, 2.05) is 42.5 Å². The zero-order valence-electron chi connectivity index (χ0n) is 15.1. The second-order valence-electron chi connectivity index (χ2n) is 6.52. The van der Waals surface area contributed by atoms with E-state index in [-0.39, 0.29) is 18.8 Å². The Balaban J connectivity index is 1.50. The number of hydrogen-bond acceptors (Lipinski definition) is 4. The maximum atomic E-state index is 14.4. The number of carbonyl (C=O) groups excluding carboxylic acids is 1. The van der Waals surface area contributed by atoms with Gasteiger partial charge in [0.05, 0.1) is 13.2 Å². The van der Waals surface area contributed by atoms with Gasteiger partial charge < -0.3 is 14.6 Å². The predicted molar refractivity (Wildman–Crippen MR) is 100 cm³/mol. The van der Waals surface area contributed by atoms with Crippen molar-refractivity contribution in [3.63, 3.8) is 0 Å². The second-order valence-corrected chi connectivity index (χ2v) is 6.52. The molecule has 3 rings (SSSR count). The Bertz CT molecular complexity index is 801. The Morgan fingerprint density at radius 3 is 2.70 bits per heavy atom. The molecule has 27 heavy (non-hydrogen) atoms. The van der Waals surface area contributed by atoms with Crippen LogP contribution >= 0.6 is 0 Å². The number of aryl methyl sites for hydroxylation is 1. The van der Waals surface area contributed by atoms with Gasteiger partial charge in [0.15, 0.2) is 6.10 Å². The summed E-state index contributed by atoms with van der Waals surface area (Å²) >= 11 is 0. The van der Waals surface area contributed by atoms with Crippen LogP contribution in [0.2, 0.25) is 0 Å². The maximum absolute atomic E-state index is 14.4. The van der Waals surface area contributed by atoms with E-state index in [2.05, 4.69) is 0 Å². The standard InChI is InChI=1S/C22H23FO4/c23-20-14-16(6-8-19(20)18-10-12-26-13-11-18)7-9-21(24)22(25)27-15-17-4-2-1-3-5-17/h1-6,8,10,14,21,24H,7,9,11-13,15H2/t21-/m0/s1. The summed E-state index contributed by atoms with van der Waals surface area (Å²) in [5.41, 5.74) is 3.14. The van der Waals surface area contributed by atoms with Gasteiger partial charge in [-0.2, -0.15) is 0 Å². The van der Waals surface area contributed by atoms with E-state index in [0.717, 1.165) is 16.7 Å². The van der Waals surface area contributed by atoms with Gasteiger partial charge in [0.25, 0.3) is 0 Å². The molecule has 1 N–H and O–H groups in total. The van der Waals surface area contributed by atoms with E-state index >= 15 is 0 Å². The van der Waals surface area contributed by atoms with Gasteiger partial charge >= 0.3 is 5.97 Å². The Hall–Kier alpha value is -2.50. The van der Waals surface area contributed by atoms with Gasteiger partial charge in [0.2, 0.25) is 0 Å². The molecule has 0 fully saturated rings. The Morgan fingerprint density at radius 2 is 2.00 bits per heavy atom. The summed E-state index contributed by atoms with van der Waals surface area (Å²) in [6.07, 6.45) is 1.94. The van der Waals surface area contributed by atoms with Crippen molar-refractivity contribution in [3.05, 3.63) is 77.1 Å². The zero-order chi connectivity index (χ0) is 19.1. The zero-order valence-corrected chi connectivity index (χ0v) is 15.1. The van der Waals surface area contributed by atoms with Crippen molar-refractivity contribution in [2.24, 2.45) is 0 Å².